The van der Waals surface area contributed by atoms with Gasteiger partial charge in [0.05, 0.1) is 6.54 Å². The van der Waals surface area contributed by atoms with E-state index in [2.05, 4.69) is 11.8 Å². The van der Waals surface area contributed by atoms with Crippen LogP contribution in [0.3, 0.4) is 0 Å². The molecule has 1 aromatic rings. The number of carbonyl (C=O) groups excluding carboxylic acids is 1. The van der Waals surface area contributed by atoms with Crippen molar-refractivity contribution in [3.8, 4) is 0 Å². The topological polar surface area (TPSA) is 20.3 Å². The molecule has 1 aromatic heterocycles. The molecule has 4 heteroatoms. The van der Waals surface area contributed by atoms with Crippen LogP contribution in [0.2, 0.25) is 0 Å². The number of thiophene rings is 1. The molecule has 1 fully saturated rings. The smallest absolute Gasteiger partial charge is 0.177 e. The summed E-state index contributed by atoms with van der Waals surface area (Å²) in [4.78, 5) is 16.9. The normalized spacial score (nSPS) is 18.0. The number of ketones is 1. The van der Waals surface area contributed by atoms with Crippen molar-refractivity contribution in [1.82, 2.24) is 4.90 Å². The standard InChI is InChI=1S/C13H19NOS2/c1-10-8-12(11(2)17-10)13(15)9-14-4-3-6-16-7-5-14/h8H,3-7,9H2,1-2H3. The van der Waals surface area contributed by atoms with Gasteiger partial charge in [0, 0.05) is 27.6 Å². The molecule has 0 amide bonds. The number of carbonyl (C=O) groups is 1. The van der Waals surface area contributed by atoms with Crippen LogP contribution in [0, 0.1) is 13.8 Å². The lowest BCUT2D eigenvalue weighted by Gasteiger charge is -2.18. The fraction of sp³-hybridized carbons (Fsp3) is 0.615. The monoisotopic (exact) mass is 269 g/mol. The van der Waals surface area contributed by atoms with Crippen LogP contribution in [0.1, 0.15) is 26.5 Å². The van der Waals surface area contributed by atoms with Gasteiger partial charge in [-0.05, 0) is 38.6 Å². The van der Waals surface area contributed by atoms with Crippen molar-refractivity contribution >= 4 is 28.9 Å². The first kappa shape index (κ1) is 13.1. The molecule has 2 rings (SSSR count). The zero-order valence-electron chi connectivity index (χ0n) is 10.5. The minimum Gasteiger partial charge on any atom is -0.295 e. The summed E-state index contributed by atoms with van der Waals surface area (Å²) in [6, 6.07) is 2.04. The zero-order chi connectivity index (χ0) is 12.3. The molecule has 1 aliphatic rings. The van der Waals surface area contributed by atoms with Gasteiger partial charge in [0.15, 0.2) is 5.78 Å². The number of aryl methyl sites for hydroxylation is 2. The van der Waals surface area contributed by atoms with Crippen molar-refractivity contribution in [1.29, 1.82) is 0 Å². The van der Waals surface area contributed by atoms with Crippen LogP contribution < -0.4 is 0 Å². The molecule has 2 nitrogen and oxygen atoms in total. The molecule has 1 saturated heterocycles. The number of hydrogen-bond acceptors (Lipinski definition) is 4. The van der Waals surface area contributed by atoms with Gasteiger partial charge in [-0.3, -0.25) is 9.69 Å². The first-order chi connectivity index (χ1) is 8.16. The zero-order valence-corrected chi connectivity index (χ0v) is 12.1. The highest BCUT2D eigenvalue weighted by Crippen LogP contribution is 2.21. The van der Waals surface area contributed by atoms with E-state index in [1.165, 1.54) is 17.1 Å². The number of nitrogens with zero attached hydrogens (tertiary/aromatic N) is 1. The number of rotatable bonds is 3. The maximum atomic E-state index is 12.2. The quantitative estimate of drug-likeness (QED) is 0.787. The lowest BCUT2D eigenvalue weighted by atomic mass is 10.1. The summed E-state index contributed by atoms with van der Waals surface area (Å²) in [5.41, 5.74) is 0.935. The molecular formula is C13H19NOS2. The van der Waals surface area contributed by atoms with Crippen molar-refractivity contribution in [2.75, 3.05) is 31.1 Å². The maximum Gasteiger partial charge on any atom is 0.177 e. The molecule has 0 N–H and O–H groups in total. The van der Waals surface area contributed by atoms with E-state index in [1.54, 1.807) is 11.3 Å². The van der Waals surface area contributed by atoms with Gasteiger partial charge in [-0.25, -0.2) is 0 Å². The predicted molar refractivity (Wildman–Crippen MR) is 76.5 cm³/mol. The molecule has 0 unspecified atom stereocenters. The Hall–Kier alpha value is -0.320. The second-order valence-electron chi connectivity index (χ2n) is 4.49. The predicted octanol–water partition coefficient (Wildman–Crippen LogP) is 2.99. The van der Waals surface area contributed by atoms with E-state index in [0.29, 0.717) is 12.3 Å². The molecule has 17 heavy (non-hydrogen) atoms. The van der Waals surface area contributed by atoms with Crippen molar-refractivity contribution in [3.63, 3.8) is 0 Å². The molecule has 0 saturated carbocycles. The molecule has 0 aromatic carbocycles. The first-order valence-electron chi connectivity index (χ1n) is 6.07. The Morgan fingerprint density at radius 2 is 2.18 bits per heavy atom. The molecule has 0 bridgehead atoms. The van der Waals surface area contributed by atoms with Crippen LogP contribution in [-0.4, -0.2) is 41.8 Å². The highest BCUT2D eigenvalue weighted by molar-refractivity contribution is 7.99. The van der Waals surface area contributed by atoms with Crippen molar-refractivity contribution in [3.05, 3.63) is 21.4 Å². The van der Waals surface area contributed by atoms with Crippen LogP contribution in [0.15, 0.2) is 6.07 Å². The Kier molecular flexibility index (Phi) is 4.65. The minimum absolute atomic E-state index is 0.291. The Balaban J connectivity index is 1.98. The van der Waals surface area contributed by atoms with Gasteiger partial charge < -0.3 is 0 Å². The molecule has 2 heterocycles. The van der Waals surface area contributed by atoms with E-state index < -0.39 is 0 Å². The molecule has 0 aliphatic carbocycles. The summed E-state index contributed by atoms with van der Waals surface area (Å²) < 4.78 is 0. The maximum absolute atomic E-state index is 12.2. The molecule has 0 atom stereocenters. The van der Waals surface area contributed by atoms with E-state index in [1.807, 2.05) is 24.8 Å². The summed E-state index contributed by atoms with van der Waals surface area (Å²) in [5, 5.41) is 0. The third kappa shape index (κ3) is 3.57. The second-order valence-corrected chi connectivity index (χ2v) is 7.18. The fourth-order valence-corrected chi connectivity index (χ4v) is 4.02. The van der Waals surface area contributed by atoms with E-state index in [0.717, 1.165) is 29.3 Å². The average molecular weight is 269 g/mol. The minimum atomic E-state index is 0.291. The van der Waals surface area contributed by atoms with E-state index in [-0.39, 0.29) is 0 Å². The lowest BCUT2D eigenvalue weighted by Crippen LogP contribution is -2.31. The van der Waals surface area contributed by atoms with Crippen LogP contribution in [-0.2, 0) is 0 Å². The van der Waals surface area contributed by atoms with Crippen molar-refractivity contribution in [2.45, 2.75) is 20.3 Å². The Morgan fingerprint density at radius 3 is 2.88 bits per heavy atom. The van der Waals surface area contributed by atoms with E-state index in [4.69, 9.17) is 0 Å². The van der Waals surface area contributed by atoms with Crippen LogP contribution in [0.5, 0.6) is 0 Å². The fourth-order valence-electron chi connectivity index (χ4n) is 2.15. The van der Waals surface area contributed by atoms with Gasteiger partial charge in [-0.15, -0.1) is 11.3 Å². The molecule has 0 radical (unpaired) electrons. The van der Waals surface area contributed by atoms with E-state index in [9.17, 15) is 4.79 Å². The highest BCUT2D eigenvalue weighted by atomic mass is 32.2. The lowest BCUT2D eigenvalue weighted by molar-refractivity contribution is 0.0935. The number of hydrogen-bond donors (Lipinski definition) is 0. The average Bonchev–Trinajstić information content (AvgIpc) is 2.51. The third-order valence-electron chi connectivity index (χ3n) is 3.02. The highest BCUT2D eigenvalue weighted by Gasteiger charge is 2.17. The second kappa shape index (κ2) is 6.03. The summed E-state index contributed by atoms with van der Waals surface area (Å²) in [6.07, 6.45) is 1.21. The number of thioether (sulfide) groups is 1. The van der Waals surface area contributed by atoms with Crippen LogP contribution in [0.4, 0.5) is 0 Å². The van der Waals surface area contributed by atoms with E-state index >= 15 is 0 Å². The molecular weight excluding hydrogens is 250 g/mol. The Labute approximate surface area is 111 Å². The largest absolute Gasteiger partial charge is 0.295 e. The van der Waals surface area contributed by atoms with Gasteiger partial charge >= 0.3 is 0 Å². The summed E-state index contributed by atoms with van der Waals surface area (Å²) >= 11 is 3.72. The summed E-state index contributed by atoms with van der Waals surface area (Å²) in [7, 11) is 0. The number of Topliss-reactive ketones (excluding diaryl/α,β-unsaturated/α-hetero) is 1. The third-order valence-corrected chi connectivity index (χ3v) is 5.04. The van der Waals surface area contributed by atoms with Gasteiger partial charge in [0.1, 0.15) is 0 Å². The Morgan fingerprint density at radius 1 is 1.35 bits per heavy atom. The van der Waals surface area contributed by atoms with Gasteiger partial charge in [0.2, 0.25) is 0 Å². The first-order valence-corrected chi connectivity index (χ1v) is 8.04. The van der Waals surface area contributed by atoms with Gasteiger partial charge in [-0.1, -0.05) is 0 Å². The SMILES string of the molecule is Cc1cc(C(=O)CN2CCCSCC2)c(C)s1. The van der Waals surface area contributed by atoms with Crippen LogP contribution in [0.25, 0.3) is 0 Å². The Bertz CT molecular complexity index is 392. The van der Waals surface area contributed by atoms with Gasteiger partial charge in [-0.2, -0.15) is 11.8 Å². The molecule has 1 aliphatic heterocycles. The van der Waals surface area contributed by atoms with Gasteiger partial charge in [0.25, 0.3) is 0 Å². The van der Waals surface area contributed by atoms with Crippen molar-refractivity contribution < 1.29 is 4.79 Å². The molecule has 94 valence electrons. The summed E-state index contributed by atoms with van der Waals surface area (Å²) in [5.74, 6) is 2.69. The van der Waals surface area contributed by atoms with Crippen molar-refractivity contribution in [2.24, 2.45) is 0 Å². The summed E-state index contributed by atoms with van der Waals surface area (Å²) in [6.45, 7) is 6.83. The molecule has 0 spiro atoms. The van der Waals surface area contributed by atoms with Crippen LogP contribution >= 0.6 is 23.1 Å².